The molecule has 0 aliphatic rings. The van der Waals surface area contributed by atoms with Crippen LogP contribution in [0.25, 0.3) is 21.3 Å². The van der Waals surface area contributed by atoms with E-state index in [1.807, 2.05) is 18.2 Å². The molecule has 0 atom stereocenters. The van der Waals surface area contributed by atoms with E-state index < -0.39 is 0 Å². The first kappa shape index (κ1) is 14.6. The van der Waals surface area contributed by atoms with Gasteiger partial charge >= 0.3 is 0 Å². The Kier molecular flexibility index (Phi) is 4.04. The minimum Gasteiger partial charge on any atom is -0.396 e. The molecule has 0 amide bonds. The maximum Gasteiger partial charge on any atom is 0.0914 e. The molecule has 2 heterocycles. The van der Waals surface area contributed by atoms with E-state index in [1.165, 1.54) is 4.70 Å². The third kappa shape index (κ3) is 2.60. The van der Waals surface area contributed by atoms with Gasteiger partial charge in [-0.05, 0) is 29.0 Å². The third-order valence-corrected chi connectivity index (χ3v) is 4.89. The van der Waals surface area contributed by atoms with Gasteiger partial charge in [0.05, 0.1) is 33.7 Å². The van der Waals surface area contributed by atoms with Crippen LogP contribution in [-0.4, -0.2) is 12.1 Å². The van der Waals surface area contributed by atoms with Crippen LogP contribution >= 0.6 is 34.5 Å². The highest BCUT2D eigenvalue weighted by atomic mass is 35.5. The smallest absolute Gasteiger partial charge is 0.0914 e. The van der Waals surface area contributed by atoms with Crippen LogP contribution in [0.1, 0.15) is 5.69 Å². The maximum atomic E-state index is 6.32. The van der Waals surface area contributed by atoms with Crippen molar-refractivity contribution in [3.05, 3.63) is 45.4 Å². The maximum absolute atomic E-state index is 6.32. The van der Waals surface area contributed by atoms with Crippen LogP contribution in [-0.2, 0) is 11.3 Å². The van der Waals surface area contributed by atoms with Gasteiger partial charge in [0.1, 0.15) is 0 Å². The van der Waals surface area contributed by atoms with Crippen molar-refractivity contribution in [2.24, 2.45) is 0 Å². The molecule has 0 unspecified atom stereocenters. The Morgan fingerprint density at radius 1 is 1.24 bits per heavy atom. The normalized spacial score (nSPS) is 11.2. The molecule has 3 aromatic rings. The highest BCUT2D eigenvalue weighted by molar-refractivity contribution is 7.17. The van der Waals surface area contributed by atoms with Crippen molar-refractivity contribution >= 4 is 50.3 Å². The predicted octanol–water partition coefficient (Wildman–Crippen LogP) is 5.00. The molecule has 21 heavy (non-hydrogen) atoms. The van der Waals surface area contributed by atoms with E-state index in [0.29, 0.717) is 27.1 Å². The van der Waals surface area contributed by atoms with Crippen LogP contribution in [0, 0.1) is 0 Å². The number of hydrogen-bond donors (Lipinski definition) is 1. The first-order valence-electron chi connectivity index (χ1n) is 6.21. The van der Waals surface area contributed by atoms with Crippen LogP contribution in [0.2, 0.25) is 10.0 Å². The quantitative estimate of drug-likeness (QED) is 0.731. The Labute approximate surface area is 136 Å². The standard InChI is InChI=1S/C15H12Cl2N2OS/c1-20-7-10-12(16)14(18)13(17)15(19-10)9-2-3-11-8(6-9)4-5-21-11/h2-6H,7H2,1H3,(H2,18,19). The fourth-order valence-electron chi connectivity index (χ4n) is 2.15. The first-order valence-corrected chi connectivity index (χ1v) is 7.85. The zero-order valence-corrected chi connectivity index (χ0v) is 13.5. The minimum atomic E-state index is 0.286. The third-order valence-electron chi connectivity index (χ3n) is 3.19. The van der Waals surface area contributed by atoms with Gasteiger partial charge in [0.15, 0.2) is 0 Å². The summed E-state index contributed by atoms with van der Waals surface area (Å²) in [5.74, 6) is 0. The SMILES string of the molecule is COCc1nc(-c2ccc3sccc3c2)c(Cl)c(N)c1Cl. The van der Waals surface area contributed by atoms with Gasteiger partial charge in [-0.25, -0.2) is 4.98 Å². The van der Waals surface area contributed by atoms with Gasteiger partial charge in [-0.2, -0.15) is 0 Å². The van der Waals surface area contributed by atoms with Gasteiger partial charge in [0.2, 0.25) is 0 Å². The molecule has 0 bridgehead atoms. The van der Waals surface area contributed by atoms with Crippen molar-refractivity contribution in [2.45, 2.75) is 6.61 Å². The Balaban J connectivity index is 2.20. The summed E-state index contributed by atoms with van der Waals surface area (Å²) in [6, 6.07) is 8.14. The van der Waals surface area contributed by atoms with Crippen LogP contribution in [0.5, 0.6) is 0 Å². The molecule has 3 nitrogen and oxygen atoms in total. The number of rotatable bonds is 3. The van der Waals surface area contributed by atoms with E-state index in [1.54, 1.807) is 18.4 Å². The van der Waals surface area contributed by atoms with Crippen molar-refractivity contribution in [1.82, 2.24) is 4.98 Å². The zero-order chi connectivity index (χ0) is 15.0. The first-order chi connectivity index (χ1) is 10.1. The second-order valence-corrected chi connectivity index (χ2v) is 6.26. The van der Waals surface area contributed by atoms with Gasteiger partial charge in [0, 0.05) is 17.4 Å². The Morgan fingerprint density at radius 2 is 2.05 bits per heavy atom. The molecule has 2 N–H and O–H groups in total. The molecular formula is C15H12Cl2N2OS. The van der Waals surface area contributed by atoms with Crippen molar-refractivity contribution in [1.29, 1.82) is 0 Å². The topological polar surface area (TPSA) is 48.1 Å². The van der Waals surface area contributed by atoms with Crippen molar-refractivity contribution in [3.8, 4) is 11.3 Å². The Morgan fingerprint density at radius 3 is 2.81 bits per heavy atom. The number of nitrogens with two attached hydrogens (primary N) is 1. The summed E-state index contributed by atoms with van der Waals surface area (Å²) in [5, 5.41) is 3.92. The van der Waals surface area contributed by atoms with Crippen LogP contribution in [0.15, 0.2) is 29.6 Å². The molecule has 0 aliphatic heterocycles. The van der Waals surface area contributed by atoms with E-state index >= 15 is 0 Å². The monoisotopic (exact) mass is 338 g/mol. The number of methoxy groups -OCH3 is 1. The zero-order valence-electron chi connectivity index (χ0n) is 11.2. The van der Waals surface area contributed by atoms with Crippen molar-refractivity contribution in [3.63, 3.8) is 0 Å². The molecular weight excluding hydrogens is 327 g/mol. The molecule has 0 saturated heterocycles. The summed E-state index contributed by atoms with van der Waals surface area (Å²) in [6.07, 6.45) is 0. The van der Waals surface area contributed by atoms with Gasteiger partial charge in [-0.15, -0.1) is 11.3 Å². The van der Waals surface area contributed by atoms with Crippen molar-refractivity contribution in [2.75, 3.05) is 12.8 Å². The number of pyridine rings is 1. The lowest BCUT2D eigenvalue weighted by molar-refractivity contribution is 0.181. The lowest BCUT2D eigenvalue weighted by atomic mass is 10.1. The lowest BCUT2D eigenvalue weighted by Crippen LogP contribution is -2.01. The minimum absolute atomic E-state index is 0.286. The summed E-state index contributed by atoms with van der Waals surface area (Å²) < 4.78 is 6.32. The Bertz CT molecular complexity index is 817. The van der Waals surface area contributed by atoms with E-state index in [0.717, 1.165) is 10.9 Å². The number of hydrogen-bond acceptors (Lipinski definition) is 4. The van der Waals surface area contributed by atoms with Gasteiger partial charge in [-0.1, -0.05) is 29.3 Å². The number of fused-ring (bicyclic) bond motifs is 1. The fourth-order valence-corrected chi connectivity index (χ4v) is 3.41. The van der Waals surface area contributed by atoms with Crippen LogP contribution in [0.4, 0.5) is 5.69 Å². The van der Waals surface area contributed by atoms with E-state index in [-0.39, 0.29) is 6.61 Å². The summed E-state index contributed by atoms with van der Waals surface area (Å²) >= 11 is 14.2. The number of benzene rings is 1. The van der Waals surface area contributed by atoms with Gasteiger partial charge in [-0.3, -0.25) is 0 Å². The number of halogens is 2. The van der Waals surface area contributed by atoms with Crippen LogP contribution < -0.4 is 5.73 Å². The predicted molar refractivity (Wildman–Crippen MR) is 90.2 cm³/mol. The molecule has 0 fully saturated rings. The number of thiophene rings is 1. The number of nitrogen functional groups attached to an aromatic ring is 1. The fraction of sp³-hybridized carbons (Fsp3) is 0.133. The average Bonchev–Trinajstić information content (AvgIpc) is 2.95. The Hall–Kier alpha value is -1.33. The highest BCUT2D eigenvalue weighted by Gasteiger charge is 2.16. The van der Waals surface area contributed by atoms with E-state index in [9.17, 15) is 0 Å². The lowest BCUT2D eigenvalue weighted by Gasteiger charge is -2.12. The second kappa shape index (κ2) is 5.81. The van der Waals surface area contributed by atoms with Gasteiger partial charge < -0.3 is 10.5 Å². The van der Waals surface area contributed by atoms with E-state index in [4.69, 9.17) is 33.7 Å². The summed E-state index contributed by atoms with van der Waals surface area (Å²) in [4.78, 5) is 4.52. The summed E-state index contributed by atoms with van der Waals surface area (Å²) in [7, 11) is 1.58. The molecule has 108 valence electrons. The molecule has 2 aromatic heterocycles. The second-order valence-electron chi connectivity index (χ2n) is 4.55. The van der Waals surface area contributed by atoms with Crippen LogP contribution in [0.3, 0.4) is 0 Å². The molecule has 3 rings (SSSR count). The number of ether oxygens (including phenoxy) is 1. The van der Waals surface area contributed by atoms with E-state index in [2.05, 4.69) is 16.4 Å². The number of aromatic nitrogens is 1. The molecule has 0 saturated carbocycles. The summed E-state index contributed by atoms with van der Waals surface area (Å²) in [6.45, 7) is 0.286. The molecule has 0 spiro atoms. The summed E-state index contributed by atoms with van der Waals surface area (Å²) in [5.41, 5.74) is 8.44. The van der Waals surface area contributed by atoms with Gasteiger partial charge in [0.25, 0.3) is 0 Å². The molecule has 0 radical (unpaired) electrons. The molecule has 0 aliphatic carbocycles. The van der Waals surface area contributed by atoms with Crippen molar-refractivity contribution < 1.29 is 4.74 Å². The number of anilines is 1. The highest BCUT2D eigenvalue weighted by Crippen LogP contribution is 2.38. The molecule has 6 heteroatoms. The largest absolute Gasteiger partial charge is 0.396 e. The average molecular weight is 339 g/mol. The number of nitrogens with zero attached hydrogens (tertiary/aromatic N) is 1. The molecule has 1 aromatic carbocycles.